The van der Waals surface area contributed by atoms with Crippen molar-refractivity contribution in [1.82, 2.24) is 0 Å². The lowest BCUT2D eigenvalue weighted by Crippen LogP contribution is -2.30. The van der Waals surface area contributed by atoms with E-state index in [9.17, 15) is 9.59 Å². The van der Waals surface area contributed by atoms with Gasteiger partial charge in [0, 0.05) is 29.7 Å². The second-order valence-corrected chi connectivity index (χ2v) is 7.20. The van der Waals surface area contributed by atoms with Gasteiger partial charge < -0.3 is 19.7 Å². The average molecular weight is 423 g/mol. The van der Waals surface area contributed by atoms with Crippen LogP contribution in [0, 0.1) is 0 Å². The van der Waals surface area contributed by atoms with Gasteiger partial charge in [-0.25, -0.2) is 0 Å². The first-order valence-electron chi connectivity index (χ1n) is 8.80. The first-order chi connectivity index (χ1) is 13.4. The number of hydrogen-bond donors (Lipinski definition) is 1. The maximum atomic E-state index is 12.5. The molecule has 1 aliphatic rings. The zero-order chi connectivity index (χ0) is 20.3. The third kappa shape index (κ3) is 4.51. The van der Waals surface area contributed by atoms with E-state index in [1.165, 1.54) is 7.11 Å². The minimum absolute atomic E-state index is 0.0666. The van der Waals surface area contributed by atoms with Gasteiger partial charge in [-0.3, -0.25) is 9.59 Å². The van der Waals surface area contributed by atoms with Crippen molar-refractivity contribution in [3.8, 4) is 11.5 Å². The second-order valence-electron chi connectivity index (χ2n) is 6.36. The highest BCUT2D eigenvalue weighted by atomic mass is 35.5. The Hall–Kier alpha value is -2.44. The number of nitrogens with one attached hydrogen (secondary N) is 1. The van der Waals surface area contributed by atoms with Crippen molar-refractivity contribution in [2.75, 3.05) is 23.9 Å². The molecule has 2 aromatic rings. The van der Waals surface area contributed by atoms with Crippen molar-refractivity contribution in [3.63, 3.8) is 0 Å². The molecule has 1 atom stereocenters. The Morgan fingerprint density at radius 3 is 2.61 bits per heavy atom. The fourth-order valence-electron chi connectivity index (χ4n) is 2.94. The van der Waals surface area contributed by atoms with Crippen molar-refractivity contribution in [2.45, 2.75) is 25.9 Å². The van der Waals surface area contributed by atoms with Crippen LogP contribution in [0.2, 0.25) is 10.0 Å². The molecule has 2 aromatic carbocycles. The lowest BCUT2D eigenvalue weighted by atomic mass is 10.2. The summed E-state index contributed by atoms with van der Waals surface area (Å²) in [6, 6.07) is 9.96. The molecule has 1 unspecified atom stereocenters. The fraction of sp³-hybridized carbons (Fsp3) is 0.300. The molecule has 6 nitrogen and oxygen atoms in total. The van der Waals surface area contributed by atoms with Crippen LogP contribution >= 0.6 is 23.2 Å². The number of anilines is 2. The number of carbonyl (C=O) groups excluding carboxylic acids is 2. The minimum Gasteiger partial charge on any atom is -0.494 e. The molecule has 1 fully saturated rings. The van der Waals surface area contributed by atoms with Gasteiger partial charge in [-0.2, -0.15) is 0 Å². The van der Waals surface area contributed by atoms with Gasteiger partial charge in [-0.1, -0.05) is 23.2 Å². The van der Waals surface area contributed by atoms with Gasteiger partial charge in [-0.15, -0.1) is 0 Å². The van der Waals surface area contributed by atoms with Crippen LogP contribution in [0.25, 0.3) is 0 Å². The monoisotopic (exact) mass is 422 g/mol. The Balaban J connectivity index is 1.70. The third-order valence-electron chi connectivity index (χ3n) is 4.38. The summed E-state index contributed by atoms with van der Waals surface area (Å²) >= 11 is 11.9. The predicted molar refractivity (Wildman–Crippen MR) is 110 cm³/mol. The van der Waals surface area contributed by atoms with Gasteiger partial charge in [0.25, 0.3) is 5.91 Å². The molecule has 1 heterocycles. The predicted octanol–water partition coefficient (Wildman–Crippen LogP) is 4.53. The molecule has 1 saturated heterocycles. The molecule has 8 heteroatoms. The molecule has 0 aromatic heterocycles. The molecule has 148 valence electrons. The quantitative estimate of drug-likeness (QED) is 0.741. The van der Waals surface area contributed by atoms with Crippen LogP contribution in [-0.2, 0) is 9.59 Å². The number of ether oxygens (including phenoxy) is 2. The number of carbonyl (C=O) groups is 2. The molecular formula is C20H20Cl2N2O4. The van der Waals surface area contributed by atoms with E-state index in [0.29, 0.717) is 45.9 Å². The Bertz CT molecular complexity index is 904. The smallest absolute Gasteiger partial charge is 0.265 e. The van der Waals surface area contributed by atoms with E-state index in [1.54, 1.807) is 48.2 Å². The summed E-state index contributed by atoms with van der Waals surface area (Å²) in [5, 5.41) is 3.59. The molecule has 2 amide bonds. The van der Waals surface area contributed by atoms with Crippen molar-refractivity contribution in [1.29, 1.82) is 0 Å². The van der Waals surface area contributed by atoms with Gasteiger partial charge in [0.05, 0.1) is 17.8 Å². The molecule has 3 rings (SSSR count). The normalized spacial score (nSPS) is 14.7. The Morgan fingerprint density at radius 1 is 1.18 bits per heavy atom. The summed E-state index contributed by atoms with van der Waals surface area (Å²) in [6.45, 7) is 2.28. The summed E-state index contributed by atoms with van der Waals surface area (Å²) in [7, 11) is 1.53. The average Bonchev–Trinajstić information content (AvgIpc) is 3.09. The van der Waals surface area contributed by atoms with E-state index in [-0.39, 0.29) is 11.8 Å². The van der Waals surface area contributed by atoms with Crippen molar-refractivity contribution in [3.05, 3.63) is 46.4 Å². The van der Waals surface area contributed by atoms with E-state index in [1.807, 2.05) is 0 Å². The molecule has 0 saturated carbocycles. The first-order valence-corrected chi connectivity index (χ1v) is 9.55. The zero-order valence-corrected chi connectivity index (χ0v) is 17.0. The Morgan fingerprint density at radius 2 is 1.96 bits per heavy atom. The Kier molecular flexibility index (Phi) is 6.31. The van der Waals surface area contributed by atoms with Crippen LogP contribution in [-0.4, -0.2) is 31.6 Å². The molecule has 0 radical (unpaired) electrons. The van der Waals surface area contributed by atoms with Gasteiger partial charge in [0.2, 0.25) is 5.91 Å². The van der Waals surface area contributed by atoms with E-state index in [4.69, 9.17) is 32.7 Å². The maximum absolute atomic E-state index is 12.5. The van der Waals surface area contributed by atoms with Gasteiger partial charge >= 0.3 is 0 Å². The SMILES string of the molecule is COc1cc(NC(=O)C(C)Oc2ccc(Cl)cc2Cl)ccc1N1CCCC1=O. The van der Waals surface area contributed by atoms with Crippen LogP contribution in [0.1, 0.15) is 19.8 Å². The van der Waals surface area contributed by atoms with Crippen LogP contribution in [0.5, 0.6) is 11.5 Å². The zero-order valence-electron chi connectivity index (χ0n) is 15.5. The summed E-state index contributed by atoms with van der Waals surface area (Å²) < 4.78 is 11.0. The number of rotatable bonds is 6. The first kappa shape index (κ1) is 20.3. The highest BCUT2D eigenvalue weighted by Gasteiger charge is 2.25. The van der Waals surface area contributed by atoms with Crippen molar-refractivity contribution < 1.29 is 19.1 Å². The largest absolute Gasteiger partial charge is 0.494 e. The summed E-state index contributed by atoms with van der Waals surface area (Å²) in [6.07, 6.45) is 0.566. The van der Waals surface area contributed by atoms with Crippen LogP contribution in [0.4, 0.5) is 11.4 Å². The number of benzene rings is 2. The number of halogens is 2. The standard InChI is InChI=1S/C20H20Cl2N2O4/c1-12(28-17-8-5-13(21)10-15(17)22)20(26)23-14-6-7-16(18(11-14)27-2)24-9-3-4-19(24)25/h5-8,10-12H,3-4,9H2,1-2H3,(H,23,26). The lowest BCUT2D eigenvalue weighted by Gasteiger charge is -2.20. The van der Waals surface area contributed by atoms with Crippen LogP contribution < -0.4 is 19.7 Å². The summed E-state index contributed by atoms with van der Waals surface area (Å²) in [5.41, 5.74) is 1.23. The van der Waals surface area contributed by atoms with Crippen molar-refractivity contribution >= 4 is 46.4 Å². The number of methoxy groups -OCH3 is 1. The highest BCUT2D eigenvalue weighted by Crippen LogP contribution is 2.34. The number of hydrogen-bond acceptors (Lipinski definition) is 4. The molecule has 0 spiro atoms. The van der Waals surface area contributed by atoms with Crippen molar-refractivity contribution in [2.24, 2.45) is 0 Å². The number of nitrogens with zero attached hydrogens (tertiary/aromatic N) is 1. The third-order valence-corrected chi connectivity index (χ3v) is 4.91. The molecule has 0 aliphatic carbocycles. The molecule has 0 bridgehead atoms. The van der Waals surface area contributed by atoms with Gasteiger partial charge in [0.1, 0.15) is 11.5 Å². The van der Waals surface area contributed by atoms with E-state index < -0.39 is 6.10 Å². The van der Waals surface area contributed by atoms with Gasteiger partial charge in [-0.05, 0) is 43.7 Å². The topological polar surface area (TPSA) is 67.9 Å². The minimum atomic E-state index is -0.787. The number of amides is 2. The van der Waals surface area contributed by atoms with E-state index in [2.05, 4.69) is 5.32 Å². The maximum Gasteiger partial charge on any atom is 0.265 e. The fourth-order valence-corrected chi connectivity index (χ4v) is 3.39. The molecule has 28 heavy (non-hydrogen) atoms. The summed E-state index contributed by atoms with van der Waals surface area (Å²) in [4.78, 5) is 26.2. The molecular weight excluding hydrogens is 403 g/mol. The summed E-state index contributed by atoms with van der Waals surface area (Å²) in [5.74, 6) is 0.603. The van der Waals surface area contributed by atoms with Crippen LogP contribution in [0.15, 0.2) is 36.4 Å². The van der Waals surface area contributed by atoms with Gasteiger partial charge in [0.15, 0.2) is 6.10 Å². The van der Waals surface area contributed by atoms with E-state index in [0.717, 1.165) is 6.42 Å². The van der Waals surface area contributed by atoms with Crippen LogP contribution in [0.3, 0.4) is 0 Å². The molecule has 1 aliphatic heterocycles. The lowest BCUT2D eigenvalue weighted by molar-refractivity contribution is -0.122. The molecule has 1 N–H and O–H groups in total. The Labute approximate surface area is 173 Å². The van der Waals surface area contributed by atoms with E-state index >= 15 is 0 Å². The highest BCUT2D eigenvalue weighted by molar-refractivity contribution is 6.35. The second kappa shape index (κ2) is 8.71.